The minimum Gasteiger partial charge on any atom is -0.462 e. The van der Waals surface area contributed by atoms with Crippen LogP contribution in [-0.4, -0.2) is 41.8 Å². The van der Waals surface area contributed by atoms with Crippen molar-refractivity contribution < 1.29 is 14.3 Å². The number of rotatable bonds is 7. The monoisotopic (exact) mass is 416 g/mol. The number of nitrogens with zero attached hydrogens (tertiary/aromatic N) is 3. The molecule has 7 nitrogen and oxygen atoms in total. The predicted octanol–water partition coefficient (Wildman–Crippen LogP) is 3.94. The van der Waals surface area contributed by atoms with Crippen LogP contribution in [0, 0.1) is 5.92 Å². The van der Waals surface area contributed by atoms with Gasteiger partial charge in [-0.25, -0.2) is 4.79 Å². The van der Waals surface area contributed by atoms with E-state index < -0.39 is 0 Å². The lowest BCUT2D eigenvalue weighted by atomic mass is 9.96. The number of halogens is 1. The first-order valence-corrected chi connectivity index (χ1v) is 10.3. The molecule has 8 heteroatoms. The molecular formula is C21H25ClN4O3. The Morgan fingerprint density at radius 2 is 1.86 bits per heavy atom. The first-order valence-electron chi connectivity index (χ1n) is 9.89. The van der Waals surface area contributed by atoms with Crippen LogP contribution in [0.25, 0.3) is 0 Å². The van der Waals surface area contributed by atoms with Gasteiger partial charge in [0.2, 0.25) is 5.91 Å². The van der Waals surface area contributed by atoms with Gasteiger partial charge in [0, 0.05) is 24.7 Å². The summed E-state index contributed by atoms with van der Waals surface area (Å²) in [6, 6.07) is 10.4. The number of hydrogen-bond acceptors (Lipinski definition) is 6. The van der Waals surface area contributed by atoms with Gasteiger partial charge >= 0.3 is 5.97 Å². The van der Waals surface area contributed by atoms with Crippen molar-refractivity contribution in [3.05, 3.63) is 47.1 Å². The van der Waals surface area contributed by atoms with E-state index in [-0.39, 0.29) is 17.8 Å². The van der Waals surface area contributed by atoms with Gasteiger partial charge in [-0.05, 0) is 55.7 Å². The second kappa shape index (κ2) is 10.2. The first-order chi connectivity index (χ1) is 14.1. The van der Waals surface area contributed by atoms with Crippen LogP contribution in [0.1, 0.15) is 43.0 Å². The van der Waals surface area contributed by atoms with Gasteiger partial charge in [-0.2, -0.15) is 0 Å². The Labute approximate surface area is 175 Å². The van der Waals surface area contributed by atoms with Crippen molar-refractivity contribution in [1.29, 1.82) is 0 Å². The van der Waals surface area contributed by atoms with Crippen molar-refractivity contribution in [2.75, 3.05) is 29.9 Å². The summed E-state index contributed by atoms with van der Waals surface area (Å²) in [5, 5.41) is 11.3. The molecule has 1 aliphatic heterocycles. The normalized spacial score (nSPS) is 14.5. The van der Waals surface area contributed by atoms with E-state index in [9.17, 15) is 9.59 Å². The molecule has 0 atom stereocenters. The number of anilines is 2. The molecule has 0 aliphatic carbocycles. The van der Waals surface area contributed by atoms with Crippen molar-refractivity contribution >= 4 is 35.0 Å². The highest BCUT2D eigenvalue weighted by Crippen LogP contribution is 2.23. The molecule has 1 N–H and O–H groups in total. The number of carbonyl (C=O) groups is 2. The number of nitrogens with one attached hydrogen (secondary N) is 1. The van der Waals surface area contributed by atoms with Crippen molar-refractivity contribution in [2.45, 2.75) is 32.6 Å². The summed E-state index contributed by atoms with van der Waals surface area (Å²) in [4.78, 5) is 26.6. The molecule has 0 bridgehead atoms. The van der Waals surface area contributed by atoms with Gasteiger partial charge in [0.05, 0.1) is 12.2 Å². The number of unbranched alkanes of at least 4 members (excludes halogenated alkanes) is 1. The quantitative estimate of drug-likeness (QED) is 0.543. The maximum Gasteiger partial charge on any atom is 0.338 e. The van der Waals surface area contributed by atoms with Gasteiger partial charge < -0.3 is 15.0 Å². The fraction of sp³-hybridized carbons (Fsp3) is 0.429. The molecule has 1 saturated heterocycles. The molecule has 29 heavy (non-hydrogen) atoms. The summed E-state index contributed by atoms with van der Waals surface area (Å²) in [5.74, 6) is 0.360. The van der Waals surface area contributed by atoms with Crippen LogP contribution in [-0.2, 0) is 9.53 Å². The van der Waals surface area contributed by atoms with Crippen LogP contribution in [0.4, 0.5) is 11.5 Å². The molecule has 2 heterocycles. The molecule has 1 aromatic heterocycles. The van der Waals surface area contributed by atoms with Crippen LogP contribution >= 0.6 is 11.6 Å². The lowest BCUT2D eigenvalue weighted by Crippen LogP contribution is -2.38. The molecule has 1 aliphatic rings. The van der Waals surface area contributed by atoms with E-state index in [4.69, 9.17) is 16.3 Å². The van der Waals surface area contributed by atoms with Crippen LogP contribution < -0.4 is 10.2 Å². The highest BCUT2D eigenvalue weighted by atomic mass is 35.5. The Bertz CT molecular complexity index is 819. The van der Waals surface area contributed by atoms with E-state index in [1.165, 1.54) is 0 Å². The average Bonchev–Trinajstić information content (AvgIpc) is 2.75. The zero-order valence-electron chi connectivity index (χ0n) is 16.4. The fourth-order valence-electron chi connectivity index (χ4n) is 3.17. The number of hydrogen-bond donors (Lipinski definition) is 1. The number of carbonyl (C=O) groups excluding carboxylic acids is 2. The van der Waals surface area contributed by atoms with E-state index in [0.717, 1.165) is 44.6 Å². The van der Waals surface area contributed by atoms with E-state index in [2.05, 4.69) is 20.4 Å². The molecular weight excluding hydrogens is 392 g/mol. The van der Waals surface area contributed by atoms with Gasteiger partial charge in [-0.1, -0.05) is 24.9 Å². The number of piperidine rings is 1. The summed E-state index contributed by atoms with van der Waals surface area (Å²) in [6.07, 6.45) is 3.30. The largest absolute Gasteiger partial charge is 0.462 e. The number of amides is 1. The van der Waals surface area contributed by atoms with Crippen LogP contribution in [0.5, 0.6) is 0 Å². The Kier molecular flexibility index (Phi) is 7.41. The Hall–Kier alpha value is -2.67. The highest BCUT2D eigenvalue weighted by Gasteiger charge is 2.26. The molecule has 3 rings (SSSR count). The van der Waals surface area contributed by atoms with E-state index >= 15 is 0 Å². The first kappa shape index (κ1) is 21.0. The Balaban J connectivity index is 1.48. The molecule has 154 valence electrons. The summed E-state index contributed by atoms with van der Waals surface area (Å²) >= 11 is 5.78. The van der Waals surface area contributed by atoms with E-state index in [1.54, 1.807) is 30.3 Å². The molecule has 2 aromatic rings. The Morgan fingerprint density at radius 3 is 2.48 bits per heavy atom. The smallest absolute Gasteiger partial charge is 0.338 e. The van der Waals surface area contributed by atoms with Gasteiger partial charge in [0.15, 0.2) is 11.0 Å². The van der Waals surface area contributed by atoms with Crippen LogP contribution in [0.3, 0.4) is 0 Å². The third-order valence-electron chi connectivity index (χ3n) is 4.93. The third-order valence-corrected chi connectivity index (χ3v) is 5.13. The van der Waals surface area contributed by atoms with Crippen molar-refractivity contribution in [2.24, 2.45) is 5.92 Å². The third kappa shape index (κ3) is 5.90. The second-order valence-electron chi connectivity index (χ2n) is 7.03. The van der Waals surface area contributed by atoms with Gasteiger partial charge in [0.1, 0.15) is 0 Å². The SMILES string of the molecule is CCCCOC(=O)c1ccc(NC(=O)C2CCN(c3ccc(Cl)nn3)CC2)cc1. The van der Waals surface area contributed by atoms with Crippen molar-refractivity contribution in [3.63, 3.8) is 0 Å². The summed E-state index contributed by atoms with van der Waals surface area (Å²) in [6.45, 7) is 3.93. The van der Waals surface area contributed by atoms with E-state index in [0.29, 0.717) is 23.0 Å². The lowest BCUT2D eigenvalue weighted by Gasteiger charge is -2.31. The summed E-state index contributed by atoms with van der Waals surface area (Å²) < 4.78 is 5.19. The maximum absolute atomic E-state index is 12.6. The predicted molar refractivity (Wildman–Crippen MR) is 112 cm³/mol. The standard InChI is InChI=1S/C21H25ClN4O3/c1-2-3-14-29-21(28)16-4-6-17(7-5-16)23-20(27)15-10-12-26(13-11-15)19-9-8-18(22)24-25-19/h4-9,15H,2-3,10-14H2,1H3,(H,23,27). The lowest BCUT2D eigenvalue weighted by molar-refractivity contribution is -0.120. The summed E-state index contributed by atoms with van der Waals surface area (Å²) in [5.41, 5.74) is 1.16. The molecule has 0 saturated carbocycles. The molecule has 1 amide bonds. The summed E-state index contributed by atoms with van der Waals surface area (Å²) in [7, 11) is 0. The topological polar surface area (TPSA) is 84.4 Å². The van der Waals surface area contributed by atoms with Gasteiger partial charge in [-0.15, -0.1) is 10.2 Å². The van der Waals surface area contributed by atoms with Crippen molar-refractivity contribution in [1.82, 2.24) is 10.2 Å². The molecule has 0 radical (unpaired) electrons. The molecule has 1 fully saturated rings. The Morgan fingerprint density at radius 1 is 1.14 bits per heavy atom. The van der Waals surface area contributed by atoms with Crippen molar-refractivity contribution in [3.8, 4) is 0 Å². The zero-order valence-corrected chi connectivity index (χ0v) is 17.2. The van der Waals surface area contributed by atoms with Crippen LogP contribution in [0.15, 0.2) is 36.4 Å². The number of aromatic nitrogens is 2. The maximum atomic E-state index is 12.6. The minimum atomic E-state index is -0.339. The molecule has 0 unspecified atom stereocenters. The number of benzene rings is 1. The van der Waals surface area contributed by atoms with Crippen LogP contribution in [0.2, 0.25) is 5.15 Å². The van der Waals surface area contributed by atoms with Gasteiger partial charge in [-0.3, -0.25) is 4.79 Å². The fourth-order valence-corrected chi connectivity index (χ4v) is 3.28. The number of ether oxygens (including phenoxy) is 1. The highest BCUT2D eigenvalue weighted by molar-refractivity contribution is 6.29. The average molecular weight is 417 g/mol. The minimum absolute atomic E-state index is 0.00915. The van der Waals surface area contributed by atoms with E-state index in [1.807, 2.05) is 13.0 Å². The van der Waals surface area contributed by atoms with Gasteiger partial charge in [0.25, 0.3) is 0 Å². The molecule has 0 spiro atoms. The number of esters is 1. The molecule has 1 aromatic carbocycles. The zero-order chi connectivity index (χ0) is 20.6. The second-order valence-corrected chi connectivity index (χ2v) is 7.42.